The van der Waals surface area contributed by atoms with Gasteiger partial charge in [-0.25, -0.2) is 0 Å². The van der Waals surface area contributed by atoms with Gasteiger partial charge in [0.2, 0.25) is 0 Å². The summed E-state index contributed by atoms with van der Waals surface area (Å²) in [6.45, 7) is 7.82. The van der Waals surface area contributed by atoms with Crippen molar-refractivity contribution in [1.82, 2.24) is 0 Å². The Hall–Kier alpha value is -0.530. The highest BCUT2D eigenvalue weighted by molar-refractivity contribution is 5.67. The Morgan fingerprint density at radius 1 is 1.36 bits per heavy atom. The molecule has 1 rings (SSSR count). The van der Waals surface area contributed by atoms with Crippen molar-refractivity contribution in [2.45, 2.75) is 46.1 Å². The van der Waals surface area contributed by atoms with Gasteiger partial charge in [-0.15, -0.1) is 0 Å². The van der Waals surface area contributed by atoms with Crippen LogP contribution >= 0.6 is 0 Å². The van der Waals surface area contributed by atoms with Crippen LogP contribution in [-0.4, -0.2) is 11.6 Å². The van der Waals surface area contributed by atoms with E-state index < -0.39 is 0 Å². The Morgan fingerprint density at radius 3 is 1.91 bits per heavy atom. The summed E-state index contributed by atoms with van der Waals surface area (Å²) in [5.41, 5.74) is -0.0441. The molecule has 0 spiro atoms. The van der Waals surface area contributed by atoms with Crippen molar-refractivity contribution in [3.8, 4) is 0 Å². The van der Waals surface area contributed by atoms with Crippen molar-refractivity contribution in [3.63, 3.8) is 0 Å². The van der Waals surface area contributed by atoms with Gasteiger partial charge in [-0.05, 0) is 12.8 Å². The molecule has 0 aromatic heterocycles. The summed E-state index contributed by atoms with van der Waals surface area (Å²) >= 11 is 0. The maximum absolute atomic E-state index is 10.7. The standard InChI is InChI=1S/C9H16O2/c1-7(10)11-9(5-6-9)8(2,3)4/h5-6H2,1-4H3. The molecule has 1 aliphatic carbocycles. The van der Waals surface area contributed by atoms with Crippen molar-refractivity contribution < 1.29 is 9.53 Å². The van der Waals surface area contributed by atoms with E-state index in [1.54, 1.807) is 0 Å². The molecule has 64 valence electrons. The third-order valence-corrected chi connectivity index (χ3v) is 2.41. The first-order valence-electron chi connectivity index (χ1n) is 4.07. The highest BCUT2D eigenvalue weighted by Gasteiger charge is 2.55. The van der Waals surface area contributed by atoms with Crippen LogP contribution in [0.2, 0.25) is 0 Å². The van der Waals surface area contributed by atoms with E-state index in [-0.39, 0.29) is 17.0 Å². The Bertz CT molecular complexity index is 172. The molecule has 1 saturated carbocycles. The van der Waals surface area contributed by atoms with Crippen LogP contribution in [0.4, 0.5) is 0 Å². The zero-order valence-corrected chi connectivity index (χ0v) is 7.73. The van der Waals surface area contributed by atoms with Gasteiger partial charge in [0.1, 0.15) is 5.60 Å². The fraction of sp³-hybridized carbons (Fsp3) is 0.889. The number of hydrogen-bond acceptors (Lipinski definition) is 2. The lowest BCUT2D eigenvalue weighted by atomic mass is 9.86. The maximum Gasteiger partial charge on any atom is 0.303 e. The van der Waals surface area contributed by atoms with Gasteiger partial charge in [-0.2, -0.15) is 0 Å². The molecule has 2 nitrogen and oxygen atoms in total. The van der Waals surface area contributed by atoms with E-state index in [9.17, 15) is 4.79 Å². The number of carbonyl (C=O) groups excluding carboxylic acids is 1. The third kappa shape index (κ3) is 1.55. The summed E-state index contributed by atoms with van der Waals surface area (Å²) in [5.74, 6) is -0.155. The molecule has 0 N–H and O–H groups in total. The number of carbonyl (C=O) groups is 1. The first kappa shape index (κ1) is 8.57. The maximum atomic E-state index is 10.7. The second kappa shape index (κ2) is 2.23. The van der Waals surface area contributed by atoms with Crippen LogP contribution in [0.5, 0.6) is 0 Å². The summed E-state index contributed by atoms with van der Waals surface area (Å²) < 4.78 is 5.27. The van der Waals surface area contributed by atoms with Crippen LogP contribution in [0, 0.1) is 5.41 Å². The minimum atomic E-state index is -0.155. The highest BCUT2D eigenvalue weighted by Crippen LogP contribution is 2.52. The molecule has 0 aliphatic heterocycles. The van der Waals surface area contributed by atoms with Crippen LogP contribution in [-0.2, 0) is 9.53 Å². The molecule has 0 atom stereocenters. The van der Waals surface area contributed by atoms with Crippen LogP contribution in [0.1, 0.15) is 40.5 Å². The van der Waals surface area contributed by atoms with Crippen LogP contribution in [0.25, 0.3) is 0 Å². The molecular formula is C9H16O2. The molecule has 0 aromatic carbocycles. The molecule has 2 heteroatoms. The van der Waals surface area contributed by atoms with Gasteiger partial charge in [0, 0.05) is 12.3 Å². The molecule has 0 amide bonds. The molecule has 0 saturated heterocycles. The summed E-state index contributed by atoms with van der Waals surface area (Å²) in [6.07, 6.45) is 2.05. The zero-order chi connectivity index (χ0) is 8.70. The van der Waals surface area contributed by atoms with Crippen molar-refractivity contribution in [3.05, 3.63) is 0 Å². The minimum Gasteiger partial charge on any atom is -0.459 e. The summed E-state index contributed by atoms with van der Waals surface area (Å²) in [7, 11) is 0. The minimum absolute atomic E-state index is 0.0959. The van der Waals surface area contributed by atoms with Crippen LogP contribution in [0.3, 0.4) is 0 Å². The smallest absolute Gasteiger partial charge is 0.303 e. The normalized spacial score (nSPS) is 21.1. The van der Waals surface area contributed by atoms with Gasteiger partial charge in [0.15, 0.2) is 0 Å². The van der Waals surface area contributed by atoms with Gasteiger partial charge >= 0.3 is 5.97 Å². The van der Waals surface area contributed by atoms with E-state index in [4.69, 9.17) is 4.74 Å². The fourth-order valence-corrected chi connectivity index (χ4v) is 1.39. The Kier molecular flexibility index (Phi) is 1.73. The molecular weight excluding hydrogens is 140 g/mol. The summed E-state index contributed by atoms with van der Waals surface area (Å²) in [5, 5.41) is 0. The van der Waals surface area contributed by atoms with Gasteiger partial charge in [-0.1, -0.05) is 20.8 Å². The zero-order valence-electron chi connectivity index (χ0n) is 7.73. The average Bonchev–Trinajstić information content (AvgIpc) is 2.42. The van der Waals surface area contributed by atoms with Gasteiger partial charge in [0.05, 0.1) is 0 Å². The van der Waals surface area contributed by atoms with Gasteiger partial charge in [0.25, 0.3) is 0 Å². The topological polar surface area (TPSA) is 26.3 Å². The monoisotopic (exact) mass is 156 g/mol. The van der Waals surface area contributed by atoms with E-state index >= 15 is 0 Å². The number of ether oxygens (including phenoxy) is 1. The summed E-state index contributed by atoms with van der Waals surface area (Å²) in [6, 6.07) is 0. The van der Waals surface area contributed by atoms with Crippen molar-refractivity contribution in [1.29, 1.82) is 0 Å². The highest BCUT2D eigenvalue weighted by atomic mass is 16.6. The quantitative estimate of drug-likeness (QED) is 0.543. The molecule has 0 unspecified atom stereocenters. The van der Waals surface area contributed by atoms with E-state index in [2.05, 4.69) is 20.8 Å². The van der Waals surface area contributed by atoms with Crippen LogP contribution in [0.15, 0.2) is 0 Å². The lowest BCUT2D eigenvalue weighted by molar-refractivity contribution is -0.155. The second-order valence-electron chi connectivity index (χ2n) is 4.34. The number of rotatable bonds is 1. The van der Waals surface area contributed by atoms with Crippen molar-refractivity contribution in [2.24, 2.45) is 5.41 Å². The predicted octanol–water partition coefficient (Wildman–Crippen LogP) is 2.13. The SMILES string of the molecule is CC(=O)OC1(C(C)(C)C)CC1. The van der Waals surface area contributed by atoms with Crippen molar-refractivity contribution in [2.75, 3.05) is 0 Å². The van der Waals surface area contributed by atoms with Gasteiger partial charge < -0.3 is 4.74 Å². The second-order valence-corrected chi connectivity index (χ2v) is 4.34. The first-order valence-corrected chi connectivity index (χ1v) is 4.07. The lowest BCUT2D eigenvalue weighted by Crippen LogP contribution is -2.32. The fourth-order valence-electron chi connectivity index (χ4n) is 1.39. The Balaban J connectivity index is 2.61. The Labute approximate surface area is 67.9 Å². The van der Waals surface area contributed by atoms with E-state index in [0.29, 0.717) is 0 Å². The number of hydrogen-bond donors (Lipinski definition) is 0. The third-order valence-electron chi connectivity index (χ3n) is 2.41. The molecule has 0 radical (unpaired) electrons. The summed E-state index contributed by atoms with van der Waals surface area (Å²) in [4.78, 5) is 10.7. The Morgan fingerprint density at radius 2 is 1.82 bits per heavy atom. The molecule has 0 bridgehead atoms. The number of esters is 1. The van der Waals surface area contributed by atoms with Crippen molar-refractivity contribution >= 4 is 5.97 Å². The van der Waals surface area contributed by atoms with Gasteiger partial charge in [-0.3, -0.25) is 4.79 Å². The molecule has 0 heterocycles. The van der Waals surface area contributed by atoms with Crippen LogP contribution < -0.4 is 0 Å². The first-order chi connectivity index (χ1) is 4.87. The van der Waals surface area contributed by atoms with E-state index in [1.165, 1.54) is 6.92 Å². The largest absolute Gasteiger partial charge is 0.459 e. The molecule has 1 fully saturated rings. The molecule has 1 aliphatic rings. The van der Waals surface area contributed by atoms with E-state index in [0.717, 1.165) is 12.8 Å². The molecule has 0 aromatic rings. The average molecular weight is 156 g/mol. The lowest BCUT2D eigenvalue weighted by Gasteiger charge is -2.29. The predicted molar refractivity (Wildman–Crippen MR) is 43.2 cm³/mol. The van der Waals surface area contributed by atoms with E-state index in [1.807, 2.05) is 0 Å². The molecule has 11 heavy (non-hydrogen) atoms.